The number of phenolic OH excluding ortho intramolecular Hbond substituents is 1. The summed E-state index contributed by atoms with van der Waals surface area (Å²) in [4.78, 5) is 25.6. The molecule has 4 rings (SSSR count). The Balaban J connectivity index is 1.52. The fourth-order valence-electron chi connectivity index (χ4n) is 2.93. The van der Waals surface area contributed by atoms with Crippen LogP contribution >= 0.6 is 0 Å². The van der Waals surface area contributed by atoms with Crippen molar-refractivity contribution in [1.82, 2.24) is 19.4 Å². The standard InChI is InChI=1S/C19H18N4O4/c1-12(2)19(26)27-11-10-20-18(25)13-6-5-8-15-17(13)23-21(22(15)23)14-7-3-4-9-16(14)24/h3-9,24H,1,10-11H2,2H3,(H,20,25). The minimum Gasteiger partial charge on any atom is -0.506 e. The third-order valence-corrected chi connectivity index (χ3v) is 4.25. The van der Waals surface area contributed by atoms with E-state index in [1.807, 2.05) is 16.8 Å². The molecule has 0 saturated carbocycles. The number of aromatic nitrogens is 3. The first-order valence-corrected chi connectivity index (χ1v) is 8.42. The number of hydrogen-bond donors (Lipinski definition) is 2. The first-order chi connectivity index (χ1) is 13.0. The number of benzene rings is 2. The number of carbonyl (C=O) groups is 2. The summed E-state index contributed by atoms with van der Waals surface area (Å²) in [7, 11) is 0. The summed E-state index contributed by atoms with van der Waals surface area (Å²) in [5.74, 6) is -0.587. The van der Waals surface area contributed by atoms with E-state index in [4.69, 9.17) is 4.74 Å². The molecular weight excluding hydrogens is 348 g/mol. The lowest BCUT2D eigenvalue weighted by Gasteiger charge is -2.08. The van der Waals surface area contributed by atoms with Crippen LogP contribution in [0.4, 0.5) is 0 Å². The highest BCUT2D eigenvalue weighted by Crippen LogP contribution is 2.31. The monoisotopic (exact) mass is 366 g/mol. The third kappa shape index (κ3) is 2.71. The maximum absolute atomic E-state index is 12.5. The predicted molar refractivity (Wildman–Crippen MR) is 98.6 cm³/mol. The molecule has 0 aliphatic rings. The van der Waals surface area contributed by atoms with Gasteiger partial charge in [0.15, 0.2) is 0 Å². The van der Waals surface area contributed by atoms with E-state index in [0.29, 0.717) is 16.8 Å². The largest absolute Gasteiger partial charge is 0.506 e. The Hall–Kier alpha value is -3.68. The average molecular weight is 366 g/mol. The fourth-order valence-corrected chi connectivity index (χ4v) is 2.93. The number of hydrogen-bond acceptors (Lipinski definition) is 4. The Labute approximate surface area is 154 Å². The number of para-hydroxylation sites is 3. The lowest BCUT2D eigenvalue weighted by molar-refractivity contribution is -0.138. The number of rotatable bonds is 6. The highest BCUT2D eigenvalue weighted by Gasteiger charge is 2.29. The van der Waals surface area contributed by atoms with Gasteiger partial charge in [-0.3, -0.25) is 4.79 Å². The molecule has 2 aromatic carbocycles. The smallest absolute Gasteiger partial charge is 0.333 e. The van der Waals surface area contributed by atoms with E-state index < -0.39 is 5.97 Å². The zero-order valence-electron chi connectivity index (χ0n) is 14.7. The molecule has 0 spiro atoms. The summed E-state index contributed by atoms with van der Waals surface area (Å²) in [6.07, 6.45) is 0. The van der Waals surface area contributed by atoms with E-state index in [0.717, 1.165) is 11.0 Å². The van der Waals surface area contributed by atoms with Gasteiger partial charge in [-0.2, -0.15) is 0 Å². The number of fused-ring (bicyclic) bond motifs is 4. The van der Waals surface area contributed by atoms with Gasteiger partial charge in [-0.05, 0) is 31.2 Å². The van der Waals surface area contributed by atoms with Crippen molar-refractivity contribution in [2.75, 3.05) is 13.2 Å². The summed E-state index contributed by atoms with van der Waals surface area (Å²) in [6.45, 7) is 5.35. The number of ether oxygens (including phenoxy) is 1. The van der Waals surface area contributed by atoms with E-state index >= 15 is 0 Å². The highest BCUT2D eigenvalue weighted by molar-refractivity contribution is 6.06. The normalized spacial score (nSPS) is 11.3. The second-order valence-corrected chi connectivity index (χ2v) is 6.20. The quantitative estimate of drug-likeness (QED) is 0.310. The van der Waals surface area contributed by atoms with Crippen LogP contribution in [0.1, 0.15) is 17.3 Å². The number of aromatic hydroxyl groups is 1. The van der Waals surface area contributed by atoms with Crippen molar-refractivity contribution >= 4 is 22.9 Å². The van der Waals surface area contributed by atoms with Crippen LogP contribution in [0.5, 0.6) is 5.75 Å². The van der Waals surface area contributed by atoms with Gasteiger partial charge in [0.05, 0.1) is 12.1 Å². The molecule has 4 aromatic rings. The van der Waals surface area contributed by atoms with E-state index in [1.165, 1.54) is 0 Å². The van der Waals surface area contributed by atoms with Crippen LogP contribution in [0, 0.1) is 0 Å². The summed E-state index contributed by atoms with van der Waals surface area (Å²) < 4.78 is 8.63. The third-order valence-electron chi connectivity index (χ3n) is 4.25. The number of nitrogens with one attached hydrogen (secondary N) is 1. The number of esters is 1. The van der Waals surface area contributed by atoms with Gasteiger partial charge in [-0.25, -0.2) is 4.79 Å². The molecule has 8 heteroatoms. The molecule has 2 aromatic heterocycles. The second kappa shape index (κ2) is 6.24. The lowest BCUT2D eigenvalue weighted by atomic mass is 10.1. The van der Waals surface area contributed by atoms with Gasteiger partial charge in [0.25, 0.3) is 5.91 Å². The van der Waals surface area contributed by atoms with Crippen molar-refractivity contribution in [2.45, 2.75) is 6.92 Å². The zero-order valence-corrected chi connectivity index (χ0v) is 14.7. The zero-order chi connectivity index (χ0) is 19.1. The van der Waals surface area contributed by atoms with Crippen molar-refractivity contribution in [3.05, 3.63) is 60.2 Å². The van der Waals surface area contributed by atoms with Crippen molar-refractivity contribution in [3.8, 4) is 11.4 Å². The van der Waals surface area contributed by atoms with Gasteiger partial charge in [0.2, 0.25) is 0 Å². The van der Waals surface area contributed by atoms with Crippen LogP contribution < -0.4 is 5.32 Å². The summed E-state index contributed by atoms with van der Waals surface area (Å²) >= 11 is 0. The summed E-state index contributed by atoms with van der Waals surface area (Å²) in [6, 6.07) is 12.4. The van der Waals surface area contributed by atoms with Gasteiger partial charge in [-0.1, -0.05) is 24.8 Å². The minimum atomic E-state index is -0.480. The van der Waals surface area contributed by atoms with Gasteiger partial charge in [0, 0.05) is 5.57 Å². The molecule has 8 nitrogen and oxygen atoms in total. The molecule has 0 radical (unpaired) electrons. The maximum atomic E-state index is 12.5. The van der Waals surface area contributed by atoms with Crippen LogP contribution in [0.2, 0.25) is 0 Å². The first-order valence-electron chi connectivity index (χ1n) is 8.42. The van der Waals surface area contributed by atoms with Crippen LogP contribution in [-0.2, 0) is 9.53 Å². The van der Waals surface area contributed by atoms with Gasteiger partial charge < -0.3 is 15.2 Å². The molecule has 138 valence electrons. The second-order valence-electron chi connectivity index (χ2n) is 6.20. The minimum absolute atomic E-state index is 0.0757. The van der Waals surface area contributed by atoms with E-state index in [1.54, 1.807) is 46.7 Å². The molecule has 2 N–H and O–H groups in total. The Morgan fingerprint density at radius 2 is 1.93 bits per heavy atom. The number of amides is 1. The number of nitrogens with zero attached hydrogens (tertiary/aromatic N) is 3. The molecule has 0 aliphatic heterocycles. The Morgan fingerprint density at radius 1 is 1.15 bits per heavy atom. The lowest BCUT2D eigenvalue weighted by Crippen LogP contribution is -2.28. The molecule has 1 amide bonds. The van der Waals surface area contributed by atoms with Gasteiger partial charge >= 0.3 is 5.97 Å². The van der Waals surface area contributed by atoms with Crippen molar-refractivity contribution in [1.29, 1.82) is 0 Å². The summed E-state index contributed by atoms with van der Waals surface area (Å²) in [5.41, 5.74) is 3.09. The fraction of sp³-hybridized carbons (Fsp3) is 0.158. The summed E-state index contributed by atoms with van der Waals surface area (Å²) in [5, 5.41) is 12.8. The SMILES string of the molecule is C=C(C)C(=O)OCCNC(=O)c1cccc2c1n1n(-c3ccccc3O)n21. The Kier molecular flexibility index (Phi) is 3.88. The molecule has 2 heterocycles. The molecule has 0 unspecified atom stereocenters. The Morgan fingerprint density at radius 3 is 2.67 bits per heavy atom. The van der Waals surface area contributed by atoms with Crippen LogP contribution in [0.3, 0.4) is 0 Å². The molecule has 0 fully saturated rings. The Bertz CT molecular complexity index is 1160. The maximum Gasteiger partial charge on any atom is 0.333 e. The van der Waals surface area contributed by atoms with Crippen molar-refractivity contribution in [3.63, 3.8) is 0 Å². The van der Waals surface area contributed by atoms with E-state index in [-0.39, 0.29) is 24.8 Å². The van der Waals surface area contributed by atoms with Crippen LogP contribution in [-0.4, -0.2) is 44.2 Å². The van der Waals surface area contributed by atoms with E-state index in [9.17, 15) is 14.7 Å². The molecular formula is C19H18N4O4. The van der Waals surface area contributed by atoms with Gasteiger partial charge in [-0.15, -0.1) is 14.1 Å². The van der Waals surface area contributed by atoms with Crippen molar-refractivity contribution < 1.29 is 19.4 Å². The first kappa shape index (κ1) is 16.8. The van der Waals surface area contributed by atoms with Crippen LogP contribution in [0.15, 0.2) is 54.6 Å². The van der Waals surface area contributed by atoms with Crippen molar-refractivity contribution in [2.24, 2.45) is 0 Å². The molecule has 0 bridgehead atoms. The van der Waals surface area contributed by atoms with Gasteiger partial charge in [0.1, 0.15) is 29.1 Å². The molecule has 0 atom stereocenters. The highest BCUT2D eigenvalue weighted by atomic mass is 16.5. The topological polar surface area (TPSA) is 89.4 Å². The van der Waals surface area contributed by atoms with Crippen LogP contribution in [0.25, 0.3) is 16.7 Å². The number of carbonyl (C=O) groups excluding carboxylic acids is 2. The molecule has 0 aliphatic carbocycles. The predicted octanol–water partition coefficient (Wildman–Crippen LogP) is 1.98. The van der Waals surface area contributed by atoms with E-state index in [2.05, 4.69) is 11.9 Å². The molecule has 0 saturated heterocycles. The number of phenols is 1. The average Bonchev–Trinajstić information content (AvgIpc) is 3.30. The molecule has 27 heavy (non-hydrogen) atoms.